The van der Waals surface area contributed by atoms with E-state index in [-0.39, 0.29) is 10.8 Å². The predicted molar refractivity (Wildman–Crippen MR) is 246 cm³/mol. The highest BCUT2D eigenvalue weighted by Crippen LogP contribution is 2.63. The van der Waals surface area contributed by atoms with Gasteiger partial charge in [-0.15, -0.1) is 0 Å². The van der Waals surface area contributed by atoms with Crippen LogP contribution in [0.25, 0.3) is 78.7 Å². The molecule has 0 amide bonds. The molecule has 3 nitrogen and oxygen atoms in total. The second kappa shape index (κ2) is 14.1. The maximum absolute atomic E-state index is 5.20. The van der Waals surface area contributed by atoms with Gasteiger partial charge < -0.3 is 0 Å². The van der Waals surface area contributed by atoms with E-state index in [0.29, 0.717) is 17.5 Å². The van der Waals surface area contributed by atoms with Crippen molar-refractivity contribution < 1.29 is 0 Å². The van der Waals surface area contributed by atoms with E-state index in [9.17, 15) is 0 Å². The summed E-state index contributed by atoms with van der Waals surface area (Å²) in [5.41, 5.74) is 20.1. The first-order valence-corrected chi connectivity index (χ1v) is 22.2. The minimum absolute atomic E-state index is 0.0482. The summed E-state index contributed by atoms with van der Waals surface area (Å²) in [5.74, 6) is 2.02. The first kappa shape index (κ1) is 35.5. The van der Waals surface area contributed by atoms with Crippen molar-refractivity contribution in [2.24, 2.45) is 0 Å². The summed E-state index contributed by atoms with van der Waals surface area (Å²) in [6, 6.07) is 60.2. The molecule has 290 valence electrons. The fourth-order valence-corrected chi connectivity index (χ4v) is 11.7. The third kappa shape index (κ3) is 5.51. The Labute approximate surface area is 353 Å². The summed E-state index contributed by atoms with van der Waals surface area (Å²) in [6.45, 7) is 0. The summed E-state index contributed by atoms with van der Waals surface area (Å²) in [4.78, 5) is 15.4. The molecule has 8 aromatic rings. The van der Waals surface area contributed by atoms with Gasteiger partial charge in [0.25, 0.3) is 0 Å². The second-order valence-electron chi connectivity index (χ2n) is 17.7. The monoisotopic (exact) mass is 773 g/mol. The molecule has 2 fully saturated rings. The molecule has 4 aliphatic rings. The van der Waals surface area contributed by atoms with Crippen molar-refractivity contribution >= 4 is 0 Å². The molecule has 0 radical (unpaired) electrons. The van der Waals surface area contributed by atoms with Gasteiger partial charge in [0, 0.05) is 27.5 Å². The van der Waals surface area contributed by atoms with Gasteiger partial charge in [0.2, 0.25) is 0 Å². The van der Waals surface area contributed by atoms with E-state index in [0.717, 1.165) is 16.7 Å². The SMILES string of the molecule is c1ccc(-c2ccc(-c3nc(-c4ccccc4)nc(-c4cccc(-c5cccc6c5-c5cc7c(cc5C65CCCCC5)-c5ccccc5C75CCCCC5)c4)n3)cc2)cc1. The highest BCUT2D eigenvalue weighted by Gasteiger charge is 2.49. The van der Waals surface area contributed by atoms with E-state index in [2.05, 4.69) is 146 Å². The quantitative estimate of drug-likeness (QED) is 0.175. The van der Waals surface area contributed by atoms with Gasteiger partial charge in [-0.25, -0.2) is 15.0 Å². The lowest BCUT2D eigenvalue weighted by atomic mass is 9.66. The van der Waals surface area contributed by atoms with Crippen LogP contribution >= 0.6 is 0 Å². The number of hydrogen-bond acceptors (Lipinski definition) is 3. The zero-order valence-electron chi connectivity index (χ0n) is 34.0. The fraction of sp³-hybridized carbons (Fsp3) is 0.211. The Morgan fingerprint density at radius 3 is 1.43 bits per heavy atom. The van der Waals surface area contributed by atoms with Crippen molar-refractivity contribution in [3.63, 3.8) is 0 Å². The van der Waals surface area contributed by atoms with Crippen molar-refractivity contribution in [3.05, 3.63) is 186 Å². The van der Waals surface area contributed by atoms with Crippen LogP contribution in [0.1, 0.15) is 86.5 Å². The largest absolute Gasteiger partial charge is 0.208 e. The Kier molecular flexibility index (Phi) is 8.34. The van der Waals surface area contributed by atoms with Crippen LogP contribution < -0.4 is 0 Å². The fourth-order valence-electron chi connectivity index (χ4n) is 11.7. The van der Waals surface area contributed by atoms with E-state index in [1.165, 1.54) is 114 Å². The topological polar surface area (TPSA) is 38.7 Å². The average Bonchev–Trinajstić information content (AvgIpc) is 3.74. The molecule has 7 aromatic carbocycles. The van der Waals surface area contributed by atoms with Crippen LogP contribution in [0.3, 0.4) is 0 Å². The van der Waals surface area contributed by atoms with E-state index >= 15 is 0 Å². The van der Waals surface area contributed by atoms with Crippen molar-refractivity contribution in [2.45, 2.75) is 75.0 Å². The number of fused-ring (bicyclic) bond motifs is 10. The molecular weight excluding hydrogens is 727 g/mol. The lowest BCUT2D eigenvalue weighted by Gasteiger charge is -2.37. The molecular formula is C57H47N3. The molecule has 3 heteroatoms. The van der Waals surface area contributed by atoms with E-state index in [4.69, 9.17) is 15.0 Å². The zero-order valence-corrected chi connectivity index (χ0v) is 34.0. The number of nitrogens with zero attached hydrogens (tertiary/aromatic N) is 3. The van der Waals surface area contributed by atoms with Gasteiger partial charge in [0.15, 0.2) is 17.5 Å². The van der Waals surface area contributed by atoms with Gasteiger partial charge in [-0.3, -0.25) is 0 Å². The molecule has 0 unspecified atom stereocenters. The van der Waals surface area contributed by atoms with Gasteiger partial charge >= 0.3 is 0 Å². The average molecular weight is 774 g/mol. The van der Waals surface area contributed by atoms with Crippen LogP contribution in [0, 0.1) is 0 Å². The lowest BCUT2D eigenvalue weighted by molar-refractivity contribution is 0.350. The highest BCUT2D eigenvalue weighted by molar-refractivity contribution is 5.96. The first-order valence-electron chi connectivity index (χ1n) is 22.2. The summed E-state index contributed by atoms with van der Waals surface area (Å²) >= 11 is 0. The Bertz CT molecular complexity index is 2920. The van der Waals surface area contributed by atoms with Gasteiger partial charge in [-0.1, -0.05) is 184 Å². The molecule has 0 atom stereocenters. The standard InChI is InChI=1S/C57H47N3/c1-5-17-38(18-6-1)39-27-29-41(30-28-39)54-58-53(40-19-7-2-8-20-40)59-55(60-54)43-22-15-21-42(35-43)44-24-16-26-49-52(44)47-37-50-46(36-51(47)57(49)33-13-4-14-34-57)45-23-9-10-25-48(45)56(50)31-11-3-12-32-56/h1-2,5-10,15-30,35-37H,3-4,11-14,31-34H2. The van der Waals surface area contributed by atoms with Crippen LogP contribution in [0.15, 0.2) is 164 Å². The summed E-state index contributed by atoms with van der Waals surface area (Å²) in [6.07, 6.45) is 12.7. The maximum atomic E-state index is 5.20. The Morgan fingerprint density at radius 2 is 0.733 bits per heavy atom. The van der Waals surface area contributed by atoms with Crippen molar-refractivity contribution in [3.8, 4) is 78.7 Å². The van der Waals surface area contributed by atoms with Gasteiger partial charge in [-0.05, 0) is 111 Å². The maximum Gasteiger partial charge on any atom is 0.164 e. The molecule has 2 saturated carbocycles. The van der Waals surface area contributed by atoms with Crippen molar-refractivity contribution in [1.29, 1.82) is 0 Å². The predicted octanol–water partition coefficient (Wildman–Crippen LogP) is 14.7. The minimum atomic E-state index is 0.0482. The van der Waals surface area contributed by atoms with E-state index < -0.39 is 0 Å². The molecule has 0 N–H and O–H groups in total. The Morgan fingerprint density at radius 1 is 0.283 bits per heavy atom. The summed E-state index contributed by atoms with van der Waals surface area (Å²) in [5, 5.41) is 0. The smallest absolute Gasteiger partial charge is 0.164 e. The van der Waals surface area contributed by atoms with Crippen LogP contribution in [-0.2, 0) is 10.8 Å². The normalized spacial score (nSPS) is 16.6. The van der Waals surface area contributed by atoms with Gasteiger partial charge in [-0.2, -0.15) is 0 Å². The molecule has 1 heterocycles. The third-order valence-corrected chi connectivity index (χ3v) is 14.5. The number of rotatable bonds is 5. The molecule has 0 bridgehead atoms. The van der Waals surface area contributed by atoms with Crippen LogP contribution in [-0.4, -0.2) is 15.0 Å². The Balaban J connectivity index is 1.01. The first-order chi connectivity index (χ1) is 29.7. The van der Waals surface area contributed by atoms with E-state index in [1.807, 2.05) is 18.2 Å². The molecule has 12 rings (SSSR count). The summed E-state index contributed by atoms with van der Waals surface area (Å²) in [7, 11) is 0. The van der Waals surface area contributed by atoms with Crippen molar-refractivity contribution in [2.75, 3.05) is 0 Å². The molecule has 1 aromatic heterocycles. The molecule has 0 saturated heterocycles. The second-order valence-corrected chi connectivity index (χ2v) is 17.7. The van der Waals surface area contributed by atoms with E-state index in [1.54, 1.807) is 16.7 Å². The number of benzene rings is 7. The van der Waals surface area contributed by atoms with Crippen LogP contribution in [0.5, 0.6) is 0 Å². The molecule has 2 spiro atoms. The zero-order chi connectivity index (χ0) is 39.7. The third-order valence-electron chi connectivity index (χ3n) is 14.5. The number of aromatic nitrogens is 3. The molecule has 0 aliphatic heterocycles. The molecule has 4 aliphatic carbocycles. The molecule has 60 heavy (non-hydrogen) atoms. The number of hydrogen-bond donors (Lipinski definition) is 0. The Hall–Kier alpha value is -6.45. The minimum Gasteiger partial charge on any atom is -0.208 e. The van der Waals surface area contributed by atoms with Crippen molar-refractivity contribution in [1.82, 2.24) is 15.0 Å². The highest BCUT2D eigenvalue weighted by atomic mass is 15.0. The summed E-state index contributed by atoms with van der Waals surface area (Å²) < 4.78 is 0. The van der Waals surface area contributed by atoms with Crippen LogP contribution in [0.4, 0.5) is 0 Å². The van der Waals surface area contributed by atoms with Crippen LogP contribution in [0.2, 0.25) is 0 Å². The van der Waals surface area contributed by atoms with Gasteiger partial charge in [0.05, 0.1) is 0 Å². The lowest BCUT2D eigenvalue weighted by Crippen LogP contribution is -2.29. The van der Waals surface area contributed by atoms with Gasteiger partial charge in [0.1, 0.15) is 0 Å².